The zero-order chi connectivity index (χ0) is 10.6. The monoisotopic (exact) mass is 238 g/mol. The Morgan fingerprint density at radius 1 is 1.33 bits per heavy atom. The summed E-state index contributed by atoms with van der Waals surface area (Å²) in [5, 5.41) is 0. The zero-order valence-electron chi connectivity index (χ0n) is 8.71. The van der Waals surface area contributed by atoms with Gasteiger partial charge >= 0.3 is 29.6 Å². The van der Waals surface area contributed by atoms with E-state index in [1.54, 1.807) is 6.92 Å². The SMILES string of the molecule is C[C@@H](Cc1ccccc1)OS(=O)(=O)[O-].[Na+]. The molecule has 0 spiro atoms. The van der Waals surface area contributed by atoms with Crippen LogP contribution < -0.4 is 29.6 Å². The first-order valence-corrected chi connectivity index (χ1v) is 5.49. The summed E-state index contributed by atoms with van der Waals surface area (Å²) in [5.41, 5.74) is 0.934. The molecule has 0 heterocycles. The summed E-state index contributed by atoms with van der Waals surface area (Å²) in [6.45, 7) is 1.54. The molecule has 0 aliphatic carbocycles. The van der Waals surface area contributed by atoms with Gasteiger partial charge in [-0.1, -0.05) is 30.3 Å². The Morgan fingerprint density at radius 3 is 2.33 bits per heavy atom. The summed E-state index contributed by atoms with van der Waals surface area (Å²) < 4.78 is 35.0. The third kappa shape index (κ3) is 7.05. The predicted molar refractivity (Wildman–Crippen MR) is 50.4 cm³/mol. The standard InChI is InChI=1S/C9H12O4S.Na/c1-8(13-14(10,11)12)7-9-5-3-2-4-6-9;/h2-6,8H,7H2,1H3,(H,10,11,12);/q;+1/p-1/t8-;/m0./s1. The molecule has 0 unspecified atom stereocenters. The van der Waals surface area contributed by atoms with Gasteiger partial charge in [-0.05, 0) is 18.9 Å². The molecule has 0 saturated carbocycles. The van der Waals surface area contributed by atoms with Crippen LogP contribution in [0.4, 0.5) is 0 Å². The van der Waals surface area contributed by atoms with Crippen molar-refractivity contribution in [1.82, 2.24) is 0 Å². The van der Waals surface area contributed by atoms with E-state index >= 15 is 0 Å². The van der Waals surface area contributed by atoms with Crippen molar-refractivity contribution in [2.45, 2.75) is 19.4 Å². The maximum Gasteiger partial charge on any atom is 1.00 e. The first-order valence-electron chi connectivity index (χ1n) is 4.15. The molecule has 0 aliphatic heterocycles. The molecular formula is C9H11NaO4S. The van der Waals surface area contributed by atoms with Gasteiger partial charge in [0.25, 0.3) is 0 Å². The second kappa shape index (κ2) is 6.62. The predicted octanol–water partition coefficient (Wildman–Crippen LogP) is -1.90. The minimum Gasteiger partial charge on any atom is -0.726 e. The molecule has 0 bridgehead atoms. The third-order valence-electron chi connectivity index (χ3n) is 1.65. The quantitative estimate of drug-likeness (QED) is 0.349. The van der Waals surface area contributed by atoms with Crippen molar-refractivity contribution in [3.63, 3.8) is 0 Å². The molecule has 1 rings (SSSR count). The fourth-order valence-corrected chi connectivity index (χ4v) is 1.65. The first kappa shape index (κ1) is 15.1. The molecule has 15 heavy (non-hydrogen) atoms. The van der Waals surface area contributed by atoms with Crippen LogP contribution in [0.25, 0.3) is 0 Å². The largest absolute Gasteiger partial charge is 1.00 e. The molecule has 0 saturated heterocycles. The van der Waals surface area contributed by atoms with Gasteiger partial charge in [0.1, 0.15) is 0 Å². The smallest absolute Gasteiger partial charge is 0.726 e. The van der Waals surface area contributed by atoms with Gasteiger partial charge in [0, 0.05) is 0 Å². The summed E-state index contributed by atoms with van der Waals surface area (Å²) >= 11 is 0. The van der Waals surface area contributed by atoms with Gasteiger partial charge in [0.2, 0.25) is 10.4 Å². The average Bonchev–Trinajstić information content (AvgIpc) is 2.02. The number of hydrogen-bond acceptors (Lipinski definition) is 4. The summed E-state index contributed by atoms with van der Waals surface area (Å²) in [6, 6.07) is 9.23. The van der Waals surface area contributed by atoms with E-state index < -0.39 is 16.5 Å². The van der Waals surface area contributed by atoms with Gasteiger partial charge < -0.3 is 4.55 Å². The van der Waals surface area contributed by atoms with Crippen LogP contribution in [0.1, 0.15) is 12.5 Å². The van der Waals surface area contributed by atoms with Crippen molar-refractivity contribution in [3.8, 4) is 0 Å². The van der Waals surface area contributed by atoms with E-state index in [2.05, 4.69) is 4.18 Å². The Bertz CT molecular complexity index is 376. The van der Waals surface area contributed by atoms with Crippen molar-refractivity contribution in [1.29, 1.82) is 0 Å². The maximum absolute atomic E-state index is 10.3. The van der Waals surface area contributed by atoms with Crippen LogP contribution in [0, 0.1) is 0 Å². The molecule has 0 fully saturated rings. The Morgan fingerprint density at radius 2 is 1.87 bits per heavy atom. The van der Waals surface area contributed by atoms with Crippen molar-refractivity contribution in [3.05, 3.63) is 35.9 Å². The van der Waals surface area contributed by atoms with Gasteiger partial charge in [-0.2, -0.15) is 0 Å². The maximum atomic E-state index is 10.3. The molecule has 1 atom stereocenters. The van der Waals surface area contributed by atoms with Crippen molar-refractivity contribution >= 4 is 10.4 Å². The van der Waals surface area contributed by atoms with Crippen LogP contribution in [-0.2, 0) is 21.0 Å². The Hall–Kier alpha value is 0.0900. The van der Waals surface area contributed by atoms with Crippen molar-refractivity contribution in [2.75, 3.05) is 0 Å². The zero-order valence-corrected chi connectivity index (χ0v) is 11.5. The van der Waals surface area contributed by atoms with Crippen LogP contribution in [-0.4, -0.2) is 19.1 Å². The molecule has 0 aliphatic rings. The summed E-state index contributed by atoms with van der Waals surface area (Å²) in [4.78, 5) is 0. The minimum absolute atomic E-state index is 0. The first-order chi connectivity index (χ1) is 6.47. The molecule has 0 aromatic heterocycles. The van der Waals surface area contributed by atoms with Crippen LogP contribution in [0.2, 0.25) is 0 Å². The molecule has 6 heteroatoms. The van der Waals surface area contributed by atoms with E-state index in [-0.39, 0.29) is 29.6 Å². The van der Waals surface area contributed by atoms with E-state index in [1.807, 2.05) is 30.3 Å². The van der Waals surface area contributed by atoms with Crippen LogP contribution >= 0.6 is 0 Å². The average molecular weight is 238 g/mol. The Kier molecular flexibility index (Phi) is 6.66. The van der Waals surface area contributed by atoms with Crippen molar-refractivity contribution in [2.24, 2.45) is 0 Å². The van der Waals surface area contributed by atoms with E-state index in [0.717, 1.165) is 5.56 Å². The number of hydrogen-bond donors (Lipinski definition) is 0. The summed E-state index contributed by atoms with van der Waals surface area (Å²) in [6.07, 6.45) is -0.220. The number of benzene rings is 1. The Balaban J connectivity index is 0.00000196. The Labute approximate surface area is 112 Å². The fraction of sp³-hybridized carbons (Fsp3) is 0.333. The van der Waals surface area contributed by atoms with Gasteiger partial charge in [-0.15, -0.1) is 0 Å². The topological polar surface area (TPSA) is 66.4 Å². The molecule has 78 valence electrons. The molecule has 0 N–H and O–H groups in total. The van der Waals surface area contributed by atoms with Crippen molar-refractivity contribution < 1.29 is 46.7 Å². The van der Waals surface area contributed by atoms with Crippen LogP contribution in [0.3, 0.4) is 0 Å². The van der Waals surface area contributed by atoms with E-state index in [0.29, 0.717) is 6.42 Å². The minimum atomic E-state index is -4.59. The van der Waals surface area contributed by atoms with E-state index in [1.165, 1.54) is 0 Å². The van der Waals surface area contributed by atoms with E-state index in [4.69, 9.17) is 0 Å². The van der Waals surface area contributed by atoms with E-state index in [9.17, 15) is 13.0 Å². The molecule has 1 aromatic rings. The van der Waals surface area contributed by atoms with Crippen LogP contribution in [0.15, 0.2) is 30.3 Å². The molecule has 0 amide bonds. The molecule has 4 nitrogen and oxygen atoms in total. The second-order valence-electron chi connectivity index (χ2n) is 3.00. The summed E-state index contributed by atoms with van der Waals surface area (Å²) in [7, 11) is -4.59. The summed E-state index contributed by atoms with van der Waals surface area (Å²) in [5.74, 6) is 0. The normalized spacial score (nSPS) is 12.9. The van der Waals surface area contributed by atoms with Gasteiger partial charge in [-0.3, -0.25) is 4.18 Å². The fourth-order valence-electron chi connectivity index (χ4n) is 1.18. The van der Waals surface area contributed by atoms with Gasteiger partial charge in [0.05, 0.1) is 6.10 Å². The third-order valence-corrected chi connectivity index (χ3v) is 2.21. The van der Waals surface area contributed by atoms with Crippen LogP contribution in [0.5, 0.6) is 0 Å². The molecular weight excluding hydrogens is 227 g/mol. The second-order valence-corrected chi connectivity index (χ2v) is 4.01. The molecule has 1 aromatic carbocycles. The van der Waals surface area contributed by atoms with Gasteiger partial charge in [0.15, 0.2) is 0 Å². The number of rotatable bonds is 4. The molecule has 0 radical (unpaired) electrons. The van der Waals surface area contributed by atoms with Gasteiger partial charge in [-0.25, -0.2) is 8.42 Å².